The zero-order chi connectivity index (χ0) is 14.7. The Bertz CT molecular complexity index is 600. The van der Waals surface area contributed by atoms with Gasteiger partial charge in [-0.3, -0.25) is 0 Å². The normalized spacial score (nSPS) is 18.0. The van der Waals surface area contributed by atoms with Gasteiger partial charge < -0.3 is 14.4 Å². The lowest BCUT2D eigenvalue weighted by Crippen LogP contribution is -2.23. The number of rotatable bonds is 4. The summed E-state index contributed by atoms with van der Waals surface area (Å²) in [6.07, 6.45) is 0. The van der Waals surface area contributed by atoms with Crippen LogP contribution in [0.1, 0.15) is 18.5 Å². The van der Waals surface area contributed by atoms with Gasteiger partial charge in [-0.15, -0.1) is 0 Å². The maximum atomic E-state index is 5.96. The van der Waals surface area contributed by atoms with Gasteiger partial charge >= 0.3 is 0 Å². The number of hydrogen-bond donors (Lipinski definition) is 0. The Morgan fingerprint density at radius 3 is 2.81 bits per heavy atom. The van der Waals surface area contributed by atoms with Gasteiger partial charge in [0.15, 0.2) is 0 Å². The number of anilines is 1. The number of ether oxygens (including phenoxy) is 2. The highest BCUT2D eigenvalue weighted by molar-refractivity contribution is 6.30. The average molecular weight is 304 g/mol. The number of benzene rings is 2. The van der Waals surface area contributed by atoms with Gasteiger partial charge in [-0.1, -0.05) is 23.7 Å². The van der Waals surface area contributed by atoms with Crippen molar-refractivity contribution in [1.29, 1.82) is 0 Å². The number of nitrogens with zero attached hydrogens (tertiary/aromatic N) is 1. The van der Waals surface area contributed by atoms with E-state index in [2.05, 4.69) is 17.0 Å². The van der Waals surface area contributed by atoms with Crippen molar-refractivity contribution in [1.82, 2.24) is 0 Å². The molecule has 0 radical (unpaired) electrons. The second-order valence-electron chi connectivity index (χ2n) is 4.97. The van der Waals surface area contributed by atoms with Crippen molar-refractivity contribution >= 4 is 17.3 Å². The smallest absolute Gasteiger partial charge is 0.119 e. The van der Waals surface area contributed by atoms with Crippen LogP contribution < -0.4 is 9.64 Å². The van der Waals surface area contributed by atoms with E-state index in [4.69, 9.17) is 21.1 Å². The molecular weight excluding hydrogens is 286 g/mol. The third kappa shape index (κ3) is 3.14. The summed E-state index contributed by atoms with van der Waals surface area (Å²) in [5.74, 6) is 0.901. The Kier molecular flexibility index (Phi) is 4.32. The monoisotopic (exact) mass is 303 g/mol. The maximum Gasteiger partial charge on any atom is 0.119 e. The van der Waals surface area contributed by atoms with Gasteiger partial charge in [-0.25, -0.2) is 0 Å². The van der Waals surface area contributed by atoms with Crippen LogP contribution in [0.15, 0.2) is 48.5 Å². The third-order valence-electron chi connectivity index (χ3n) is 3.59. The molecule has 4 heteroatoms. The zero-order valence-corrected chi connectivity index (χ0v) is 12.7. The molecular formula is C17H18ClNO2. The van der Waals surface area contributed by atoms with E-state index in [1.807, 2.05) is 43.3 Å². The van der Waals surface area contributed by atoms with E-state index >= 15 is 0 Å². The van der Waals surface area contributed by atoms with Crippen LogP contribution in [-0.2, 0) is 4.74 Å². The summed E-state index contributed by atoms with van der Waals surface area (Å²) in [6.45, 7) is 3.93. The first kappa shape index (κ1) is 14.2. The van der Waals surface area contributed by atoms with Gasteiger partial charge in [0.2, 0.25) is 0 Å². The lowest BCUT2D eigenvalue weighted by atomic mass is 10.1. The van der Waals surface area contributed by atoms with Crippen LogP contribution in [0.25, 0.3) is 0 Å². The lowest BCUT2D eigenvalue weighted by Gasteiger charge is -2.25. The van der Waals surface area contributed by atoms with Crippen LogP contribution in [0.2, 0.25) is 5.02 Å². The van der Waals surface area contributed by atoms with Gasteiger partial charge in [0, 0.05) is 10.7 Å². The van der Waals surface area contributed by atoms with Crippen molar-refractivity contribution in [2.75, 3.05) is 24.8 Å². The molecule has 21 heavy (non-hydrogen) atoms. The standard InChI is InChI=1S/C17H18ClNO2/c1-2-21-16-5-3-4-13(10-16)17-11-20-12-19(17)15-8-6-14(18)7-9-15/h3-10,17H,2,11-12H2,1H3/t17-/m1/s1. The van der Waals surface area contributed by atoms with E-state index in [-0.39, 0.29) is 6.04 Å². The molecule has 1 saturated heterocycles. The second kappa shape index (κ2) is 6.37. The molecule has 1 fully saturated rings. The molecule has 0 aromatic heterocycles. The summed E-state index contributed by atoms with van der Waals surface area (Å²) in [5, 5.41) is 0.744. The van der Waals surface area contributed by atoms with Crippen LogP contribution in [0.3, 0.4) is 0 Å². The predicted octanol–water partition coefficient (Wildman–Crippen LogP) is 4.27. The highest BCUT2D eigenvalue weighted by atomic mass is 35.5. The third-order valence-corrected chi connectivity index (χ3v) is 3.85. The maximum absolute atomic E-state index is 5.96. The second-order valence-corrected chi connectivity index (χ2v) is 5.40. The molecule has 110 valence electrons. The molecule has 1 aliphatic heterocycles. The van der Waals surface area contributed by atoms with Crippen molar-refractivity contribution in [3.05, 3.63) is 59.1 Å². The summed E-state index contributed by atoms with van der Waals surface area (Å²) in [6, 6.07) is 16.3. The first-order valence-electron chi connectivity index (χ1n) is 7.10. The minimum Gasteiger partial charge on any atom is -0.494 e. The van der Waals surface area contributed by atoms with Gasteiger partial charge in [0.25, 0.3) is 0 Å². The molecule has 3 rings (SSSR count). The summed E-state index contributed by atoms with van der Waals surface area (Å²) in [4.78, 5) is 2.24. The fourth-order valence-corrected chi connectivity index (χ4v) is 2.71. The molecule has 0 spiro atoms. The Balaban J connectivity index is 1.86. The van der Waals surface area contributed by atoms with Crippen molar-refractivity contribution in [2.45, 2.75) is 13.0 Å². The van der Waals surface area contributed by atoms with Gasteiger partial charge in [0.05, 0.1) is 19.3 Å². The summed E-state index contributed by atoms with van der Waals surface area (Å²) < 4.78 is 11.2. The summed E-state index contributed by atoms with van der Waals surface area (Å²) in [7, 11) is 0. The van der Waals surface area contributed by atoms with Gasteiger partial charge in [-0.05, 0) is 48.9 Å². The Morgan fingerprint density at radius 1 is 1.24 bits per heavy atom. The average Bonchev–Trinajstić information content (AvgIpc) is 2.98. The first-order chi connectivity index (χ1) is 10.3. The molecule has 2 aromatic carbocycles. The lowest BCUT2D eigenvalue weighted by molar-refractivity contribution is 0.194. The molecule has 0 bridgehead atoms. The Morgan fingerprint density at radius 2 is 2.05 bits per heavy atom. The van der Waals surface area contributed by atoms with E-state index in [0.29, 0.717) is 19.9 Å². The van der Waals surface area contributed by atoms with Crippen LogP contribution in [0.5, 0.6) is 5.75 Å². The van der Waals surface area contributed by atoms with Crippen LogP contribution in [-0.4, -0.2) is 19.9 Å². The fourth-order valence-electron chi connectivity index (χ4n) is 2.58. The molecule has 1 atom stereocenters. The minimum atomic E-state index is 0.201. The molecule has 2 aromatic rings. The quantitative estimate of drug-likeness (QED) is 0.842. The molecule has 0 amide bonds. The van der Waals surface area contributed by atoms with Crippen LogP contribution in [0, 0.1) is 0 Å². The topological polar surface area (TPSA) is 21.7 Å². The molecule has 0 unspecified atom stereocenters. The molecule has 1 heterocycles. The summed E-state index contributed by atoms with van der Waals surface area (Å²) >= 11 is 5.96. The molecule has 0 aliphatic carbocycles. The number of hydrogen-bond acceptors (Lipinski definition) is 3. The van der Waals surface area contributed by atoms with E-state index in [1.165, 1.54) is 5.56 Å². The van der Waals surface area contributed by atoms with Crippen molar-refractivity contribution in [2.24, 2.45) is 0 Å². The van der Waals surface area contributed by atoms with Crippen molar-refractivity contribution in [3.63, 3.8) is 0 Å². The number of halogens is 1. The van der Waals surface area contributed by atoms with Crippen molar-refractivity contribution < 1.29 is 9.47 Å². The summed E-state index contributed by atoms with van der Waals surface area (Å²) in [5.41, 5.74) is 2.32. The molecule has 0 N–H and O–H groups in total. The first-order valence-corrected chi connectivity index (χ1v) is 7.48. The van der Waals surface area contributed by atoms with Crippen LogP contribution >= 0.6 is 11.6 Å². The van der Waals surface area contributed by atoms with E-state index < -0.39 is 0 Å². The van der Waals surface area contributed by atoms with Crippen molar-refractivity contribution in [3.8, 4) is 5.75 Å². The van der Waals surface area contributed by atoms with E-state index in [9.17, 15) is 0 Å². The van der Waals surface area contributed by atoms with E-state index in [1.54, 1.807) is 0 Å². The zero-order valence-electron chi connectivity index (χ0n) is 12.0. The SMILES string of the molecule is CCOc1cccc([C@H]2COCN2c2ccc(Cl)cc2)c1. The van der Waals surface area contributed by atoms with Crippen LogP contribution in [0.4, 0.5) is 5.69 Å². The Hall–Kier alpha value is -1.71. The minimum absolute atomic E-state index is 0.201. The largest absolute Gasteiger partial charge is 0.494 e. The molecule has 1 aliphatic rings. The van der Waals surface area contributed by atoms with Gasteiger partial charge in [-0.2, -0.15) is 0 Å². The predicted molar refractivity (Wildman–Crippen MR) is 85.1 cm³/mol. The Labute approximate surface area is 130 Å². The fraction of sp³-hybridized carbons (Fsp3) is 0.294. The van der Waals surface area contributed by atoms with E-state index in [0.717, 1.165) is 16.5 Å². The highest BCUT2D eigenvalue weighted by Crippen LogP contribution is 2.33. The molecule has 0 saturated carbocycles. The van der Waals surface area contributed by atoms with Gasteiger partial charge in [0.1, 0.15) is 12.5 Å². The highest BCUT2D eigenvalue weighted by Gasteiger charge is 2.27. The molecule has 3 nitrogen and oxygen atoms in total.